The maximum atomic E-state index is 13.7. The highest BCUT2D eigenvalue weighted by Gasteiger charge is 2.24. The van der Waals surface area contributed by atoms with E-state index in [1.807, 2.05) is 6.07 Å². The lowest BCUT2D eigenvalue weighted by Crippen LogP contribution is -2.42. The first kappa shape index (κ1) is 14.7. The van der Waals surface area contributed by atoms with Gasteiger partial charge in [-0.1, -0.05) is 43.6 Å². The molecule has 0 spiro atoms. The number of halogens is 2. The molecule has 1 unspecified atom stereocenters. The van der Waals surface area contributed by atoms with Crippen molar-refractivity contribution in [3.63, 3.8) is 0 Å². The van der Waals surface area contributed by atoms with Gasteiger partial charge in [-0.15, -0.1) is 0 Å². The van der Waals surface area contributed by atoms with Crippen molar-refractivity contribution in [3.8, 4) is 0 Å². The smallest absolute Gasteiger partial charge is 0.126 e. The summed E-state index contributed by atoms with van der Waals surface area (Å²) in [5, 5.41) is 3.44. The summed E-state index contributed by atoms with van der Waals surface area (Å²) in [7, 11) is 0. The molecule has 0 fully saturated rings. The lowest BCUT2D eigenvalue weighted by Gasteiger charge is -2.31. The van der Waals surface area contributed by atoms with Crippen LogP contribution in [0.5, 0.6) is 0 Å². The standard InChI is InChI=1S/C14H21BrFN/c1-5-17-13(14(2,3)4)9-10-8-11(15)6-7-12(10)16/h6-8,13,17H,5,9H2,1-4H3. The minimum atomic E-state index is -0.125. The van der Waals surface area contributed by atoms with E-state index in [2.05, 4.69) is 48.9 Å². The molecule has 1 N–H and O–H groups in total. The molecular formula is C14H21BrFN. The summed E-state index contributed by atoms with van der Waals surface area (Å²) in [5.41, 5.74) is 0.880. The molecule has 1 aromatic carbocycles. The fourth-order valence-corrected chi connectivity index (χ4v) is 2.26. The lowest BCUT2D eigenvalue weighted by molar-refractivity contribution is 0.268. The van der Waals surface area contributed by atoms with E-state index in [0.29, 0.717) is 6.42 Å². The van der Waals surface area contributed by atoms with Crippen molar-refractivity contribution in [3.05, 3.63) is 34.1 Å². The van der Waals surface area contributed by atoms with Gasteiger partial charge in [0.2, 0.25) is 0 Å². The number of likely N-dealkylation sites (N-methyl/N-ethyl adjacent to an activating group) is 1. The van der Waals surface area contributed by atoms with E-state index < -0.39 is 0 Å². The summed E-state index contributed by atoms with van der Waals surface area (Å²) < 4.78 is 14.6. The molecule has 17 heavy (non-hydrogen) atoms. The molecule has 96 valence electrons. The highest BCUT2D eigenvalue weighted by Crippen LogP contribution is 2.25. The van der Waals surface area contributed by atoms with Gasteiger partial charge in [-0.05, 0) is 42.1 Å². The number of hydrogen-bond acceptors (Lipinski definition) is 1. The van der Waals surface area contributed by atoms with E-state index in [1.165, 1.54) is 6.07 Å². The topological polar surface area (TPSA) is 12.0 Å². The minimum absolute atomic E-state index is 0.116. The van der Waals surface area contributed by atoms with Gasteiger partial charge in [0.15, 0.2) is 0 Å². The van der Waals surface area contributed by atoms with Crippen molar-refractivity contribution in [2.45, 2.75) is 40.2 Å². The van der Waals surface area contributed by atoms with Crippen LogP contribution >= 0.6 is 15.9 Å². The Kier molecular flexibility index (Phi) is 5.14. The van der Waals surface area contributed by atoms with Gasteiger partial charge in [0.1, 0.15) is 5.82 Å². The summed E-state index contributed by atoms with van der Waals surface area (Å²) in [6, 6.07) is 5.39. The third-order valence-electron chi connectivity index (χ3n) is 2.93. The van der Waals surface area contributed by atoms with Gasteiger partial charge in [-0.25, -0.2) is 4.39 Å². The van der Waals surface area contributed by atoms with Gasteiger partial charge < -0.3 is 5.32 Å². The predicted octanol–water partition coefficient (Wildman–Crippen LogP) is 4.15. The van der Waals surface area contributed by atoms with Crippen LogP contribution in [0, 0.1) is 11.2 Å². The molecule has 0 aliphatic carbocycles. The monoisotopic (exact) mass is 301 g/mol. The van der Waals surface area contributed by atoms with Crippen molar-refractivity contribution in [2.75, 3.05) is 6.54 Å². The van der Waals surface area contributed by atoms with Crippen molar-refractivity contribution in [2.24, 2.45) is 5.41 Å². The molecule has 0 bridgehead atoms. The molecule has 0 heterocycles. The average molecular weight is 302 g/mol. The minimum Gasteiger partial charge on any atom is -0.313 e. The van der Waals surface area contributed by atoms with E-state index in [0.717, 1.165) is 16.6 Å². The van der Waals surface area contributed by atoms with E-state index in [9.17, 15) is 4.39 Å². The summed E-state index contributed by atoms with van der Waals surface area (Å²) in [6.45, 7) is 9.51. The molecule has 0 aromatic heterocycles. The van der Waals surface area contributed by atoms with E-state index >= 15 is 0 Å². The van der Waals surface area contributed by atoms with E-state index in [1.54, 1.807) is 6.07 Å². The maximum absolute atomic E-state index is 13.7. The quantitative estimate of drug-likeness (QED) is 0.881. The van der Waals surface area contributed by atoms with Crippen LogP contribution in [-0.2, 0) is 6.42 Å². The van der Waals surface area contributed by atoms with Gasteiger partial charge in [0.25, 0.3) is 0 Å². The van der Waals surface area contributed by atoms with Crippen LogP contribution in [0.15, 0.2) is 22.7 Å². The Hall–Kier alpha value is -0.410. The van der Waals surface area contributed by atoms with E-state index in [-0.39, 0.29) is 17.3 Å². The SMILES string of the molecule is CCNC(Cc1cc(Br)ccc1F)C(C)(C)C. The second-order valence-electron chi connectivity index (χ2n) is 5.42. The van der Waals surface area contributed by atoms with Crippen LogP contribution in [0.25, 0.3) is 0 Å². The Balaban J connectivity index is 2.89. The fourth-order valence-electron chi connectivity index (χ4n) is 1.85. The summed E-state index contributed by atoms with van der Waals surface area (Å²) in [4.78, 5) is 0. The fraction of sp³-hybridized carbons (Fsp3) is 0.571. The molecule has 0 saturated carbocycles. The predicted molar refractivity (Wildman–Crippen MR) is 74.7 cm³/mol. The van der Waals surface area contributed by atoms with E-state index in [4.69, 9.17) is 0 Å². The molecule has 3 heteroatoms. The first-order valence-corrected chi connectivity index (χ1v) is 6.81. The van der Waals surface area contributed by atoms with Crippen LogP contribution in [0.3, 0.4) is 0 Å². The van der Waals surface area contributed by atoms with Crippen LogP contribution in [-0.4, -0.2) is 12.6 Å². The molecule has 1 rings (SSSR count). The molecule has 0 amide bonds. The van der Waals surface area contributed by atoms with Gasteiger partial charge in [-0.3, -0.25) is 0 Å². The zero-order valence-electron chi connectivity index (χ0n) is 11.0. The van der Waals surface area contributed by atoms with Gasteiger partial charge >= 0.3 is 0 Å². The van der Waals surface area contributed by atoms with Crippen LogP contribution in [0.1, 0.15) is 33.3 Å². The number of hydrogen-bond donors (Lipinski definition) is 1. The third-order valence-corrected chi connectivity index (χ3v) is 3.42. The molecule has 1 aromatic rings. The number of nitrogens with one attached hydrogen (secondary N) is 1. The summed E-state index contributed by atoms with van der Waals surface area (Å²) in [5.74, 6) is -0.125. The van der Waals surface area contributed by atoms with Crippen molar-refractivity contribution >= 4 is 15.9 Å². The highest BCUT2D eigenvalue weighted by molar-refractivity contribution is 9.10. The molecule has 0 saturated heterocycles. The molecule has 1 nitrogen and oxygen atoms in total. The largest absolute Gasteiger partial charge is 0.313 e. The first-order valence-electron chi connectivity index (χ1n) is 6.02. The van der Waals surface area contributed by atoms with Gasteiger partial charge in [-0.2, -0.15) is 0 Å². The lowest BCUT2D eigenvalue weighted by atomic mass is 9.83. The molecular weight excluding hydrogens is 281 g/mol. The van der Waals surface area contributed by atoms with Crippen LogP contribution in [0.2, 0.25) is 0 Å². The third kappa shape index (κ3) is 4.40. The number of rotatable bonds is 4. The van der Waals surface area contributed by atoms with Gasteiger partial charge in [0.05, 0.1) is 0 Å². The Bertz CT molecular complexity index is 371. The molecule has 1 atom stereocenters. The summed E-state index contributed by atoms with van der Waals surface area (Å²) >= 11 is 3.39. The first-order chi connectivity index (χ1) is 7.84. The Labute approximate surface area is 112 Å². The molecule has 0 aliphatic rings. The normalized spacial score (nSPS) is 13.8. The van der Waals surface area contributed by atoms with Crippen molar-refractivity contribution < 1.29 is 4.39 Å². The highest BCUT2D eigenvalue weighted by atomic mass is 79.9. The second-order valence-corrected chi connectivity index (χ2v) is 6.33. The Morgan fingerprint density at radius 2 is 2.00 bits per heavy atom. The summed E-state index contributed by atoms with van der Waals surface area (Å²) in [6.07, 6.45) is 0.711. The number of benzene rings is 1. The van der Waals surface area contributed by atoms with Crippen LogP contribution in [0.4, 0.5) is 4.39 Å². The molecule has 0 aliphatic heterocycles. The van der Waals surface area contributed by atoms with Crippen molar-refractivity contribution in [1.82, 2.24) is 5.32 Å². The van der Waals surface area contributed by atoms with Gasteiger partial charge in [0, 0.05) is 10.5 Å². The Morgan fingerprint density at radius 3 is 2.53 bits per heavy atom. The average Bonchev–Trinajstić information content (AvgIpc) is 2.21. The van der Waals surface area contributed by atoms with Crippen molar-refractivity contribution in [1.29, 1.82) is 0 Å². The zero-order valence-corrected chi connectivity index (χ0v) is 12.6. The second kappa shape index (κ2) is 5.96. The Morgan fingerprint density at radius 1 is 1.35 bits per heavy atom. The maximum Gasteiger partial charge on any atom is 0.126 e. The molecule has 0 radical (unpaired) electrons. The van der Waals surface area contributed by atoms with Crippen LogP contribution < -0.4 is 5.32 Å². The zero-order chi connectivity index (χ0) is 13.1.